The van der Waals surface area contributed by atoms with Crippen LogP contribution in [0.4, 0.5) is 17.3 Å². The van der Waals surface area contributed by atoms with E-state index in [1.165, 1.54) is 18.6 Å². The predicted octanol–water partition coefficient (Wildman–Crippen LogP) is 2.29. The molecule has 0 amide bonds. The van der Waals surface area contributed by atoms with Gasteiger partial charge in [0, 0.05) is 19.2 Å². The number of hydrogen-bond donors (Lipinski definition) is 2. The van der Waals surface area contributed by atoms with Gasteiger partial charge in [0.2, 0.25) is 5.82 Å². The zero-order chi connectivity index (χ0) is 14.7. The highest BCUT2D eigenvalue weighted by Crippen LogP contribution is 2.34. The van der Waals surface area contributed by atoms with Crippen LogP contribution in [0.5, 0.6) is 0 Å². The Hall–Kier alpha value is -1.89. The molecule has 1 heterocycles. The number of nitrogens with one attached hydrogen (secondary N) is 1. The minimum Gasteiger partial charge on any atom is -0.351 e. The van der Waals surface area contributed by atoms with Gasteiger partial charge in [0.1, 0.15) is 5.82 Å². The summed E-state index contributed by atoms with van der Waals surface area (Å²) in [5.74, 6) is 6.66. The highest BCUT2D eigenvalue weighted by Gasteiger charge is 2.30. The number of hydrazine groups is 1. The summed E-state index contributed by atoms with van der Waals surface area (Å²) in [6.45, 7) is 2.19. The van der Waals surface area contributed by atoms with Crippen LogP contribution in [-0.4, -0.2) is 23.0 Å². The van der Waals surface area contributed by atoms with Crippen LogP contribution in [0.25, 0.3) is 0 Å². The summed E-state index contributed by atoms with van der Waals surface area (Å²) in [4.78, 5) is 17.0. The average Bonchev–Trinajstić information content (AvgIpc) is 2.46. The minimum atomic E-state index is -0.396. The van der Waals surface area contributed by atoms with Crippen LogP contribution in [0.15, 0.2) is 12.1 Å². The third kappa shape index (κ3) is 2.82. The first-order valence-electron chi connectivity index (χ1n) is 6.89. The van der Waals surface area contributed by atoms with Crippen molar-refractivity contribution in [2.45, 2.75) is 38.6 Å². The van der Waals surface area contributed by atoms with Gasteiger partial charge in [0.05, 0.1) is 4.92 Å². The smallest absolute Gasteiger partial charge is 0.311 e. The summed E-state index contributed by atoms with van der Waals surface area (Å²) in [6, 6.07) is 3.24. The molecule has 1 saturated carbocycles. The topological polar surface area (TPSA) is 97.3 Å². The first kappa shape index (κ1) is 14.5. The molecule has 0 aliphatic heterocycles. The molecule has 7 nitrogen and oxygen atoms in total. The summed E-state index contributed by atoms with van der Waals surface area (Å²) in [5, 5.41) is 11.2. The van der Waals surface area contributed by atoms with Gasteiger partial charge in [-0.25, -0.2) is 10.8 Å². The van der Waals surface area contributed by atoms with Gasteiger partial charge in [-0.3, -0.25) is 10.1 Å². The van der Waals surface area contributed by atoms with E-state index < -0.39 is 4.92 Å². The van der Waals surface area contributed by atoms with Gasteiger partial charge >= 0.3 is 5.69 Å². The zero-order valence-corrected chi connectivity index (χ0v) is 11.9. The quantitative estimate of drug-likeness (QED) is 0.498. The van der Waals surface area contributed by atoms with Gasteiger partial charge in [-0.2, -0.15) is 0 Å². The molecular formula is C13H21N5O2. The number of nitro groups is 1. The predicted molar refractivity (Wildman–Crippen MR) is 78.5 cm³/mol. The van der Waals surface area contributed by atoms with E-state index >= 15 is 0 Å². The Bertz CT molecular complexity index is 494. The van der Waals surface area contributed by atoms with Crippen molar-refractivity contribution in [3.05, 3.63) is 22.2 Å². The molecule has 1 fully saturated rings. The van der Waals surface area contributed by atoms with Crippen molar-refractivity contribution in [1.29, 1.82) is 0 Å². The fraction of sp³-hybridized carbons (Fsp3) is 0.615. The third-order valence-electron chi connectivity index (χ3n) is 4.10. The summed E-state index contributed by atoms with van der Waals surface area (Å²) in [6.07, 6.45) is 4.57. The fourth-order valence-electron chi connectivity index (χ4n) is 2.95. The molecule has 7 heteroatoms. The minimum absolute atomic E-state index is 0.0178. The summed E-state index contributed by atoms with van der Waals surface area (Å²) < 4.78 is 0. The van der Waals surface area contributed by atoms with E-state index in [2.05, 4.69) is 17.3 Å². The normalized spacial score (nSPS) is 22.4. The number of nitrogens with two attached hydrogens (primary N) is 1. The lowest BCUT2D eigenvalue weighted by atomic mass is 9.85. The van der Waals surface area contributed by atoms with Gasteiger partial charge < -0.3 is 10.3 Å². The molecule has 2 atom stereocenters. The Morgan fingerprint density at radius 2 is 2.15 bits per heavy atom. The second kappa shape index (κ2) is 6.04. The van der Waals surface area contributed by atoms with Crippen molar-refractivity contribution >= 4 is 17.3 Å². The average molecular weight is 279 g/mol. The molecule has 2 unspecified atom stereocenters. The van der Waals surface area contributed by atoms with Gasteiger partial charge in [0.15, 0.2) is 0 Å². The van der Waals surface area contributed by atoms with Crippen molar-refractivity contribution in [1.82, 2.24) is 4.98 Å². The van der Waals surface area contributed by atoms with Crippen LogP contribution in [0, 0.1) is 16.0 Å². The molecule has 20 heavy (non-hydrogen) atoms. The molecule has 1 aromatic heterocycles. The number of rotatable bonds is 4. The van der Waals surface area contributed by atoms with Crippen LogP contribution in [0.3, 0.4) is 0 Å². The Morgan fingerprint density at radius 1 is 1.45 bits per heavy atom. The van der Waals surface area contributed by atoms with Crippen LogP contribution in [0.1, 0.15) is 32.6 Å². The largest absolute Gasteiger partial charge is 0.351 e. The van der Waals surface area contributed by atoms with Crippen LogP contribution in [-0.2, 0) is 0 Å². The summed E-state index contributed by atoms with van der Waals surface area (Å²) in [7, 11) is 1.88. The maximum absolute atomic E-state index is 11.2. The summed E-state index contributed by atoms with van der Waals surface area (Å²) >= 11 is 0. The zero-order valence-electron chi connectivity index (χ0n) is 11.9. The molecule has 0 radical (unpaired) electrons. The van der Waals surface area contributed by atoms with Crippen LogP contribution >= 0.6 is 0 Å². The lowest BCUT2D eigenvalue weighted by Crippen LogP contribution is -2.39. The standard InChI is InChI=1S/C13H21N5O2/c1-9-5-3-4-6-10(9)17(2)13-11(18(19)20)7-8-12(15-13)16-14/h7-10H,3-6,14H2,1-2H3,(H,15,16). The molecule has 0 bridgehead atoms. The Kier molecular flexibility index (Phi) is 4.39. The molecule has 110 valence electrons. The highest BCUT2D eigenvalue weighted by molar-refractivity contribution is 5.61. The highest BCUT2D eigenvalue weighted by atomic mass is 16.6. The first-order valence-corrected chi connectivity index (χ1v) is 6.89. The molecule has 1 aromatic rings. The Labute approximate surface area is 118 Å². The number of pyridine rings is 1. The Morgan fingerprint density at radius 3 is 2.75 bits per heavy atom. The van der Waals surface area contributed by atoms with Crippen LogP contribution in [0.2, 0.25) is 0 Å². The lowest BCUT2D eigenvalue weighted by molar-refractivity contribution is -0.384. The maximum atomic E-state index is 11.2. The molecule has 1 aliphatic carbocycles. The number of hydrogen-bond acceptors (Lipinski definition) is 6. The van der Waals surface area contributed by atoms with Gasteiger partial charge in [-0.05, 0) is 24.8 Å². The molecule has 0 saturated heterocycles. The van der Waals surface area contributed by atoms with Gasteiger partial charge in [-0.15, -0.1) is 0 Å². The van der Waals surface area contributed by atoms with Crippen LogP contribution < -0.4 is 16.2 Å². The first-order chi connectivity index (χ1) is 9.54. The number of nitrogens with zero attached hydrogens (tertiary/aromatic N) is 3. The SMILES string of the molecule is CC1CCCCC1N(C)c1nc(NN)ccc1[N+](=O)[O-]. The van der Waals surface area contributed by atoms with Crippen molar-refractivity contribution in [3.8, 4) is 0 Å². The molecule has 0 aromatic carbocycles. The van der Waals surface area contributed by atoms with E-state index in [0.29, 0.717) is 17.6 Å². The van der Waals surface area contributed by atoms with E-state index in [0.717, 1.165) is 19.3 Å². The monoisotopic (exact) mass is 279 g/mol. The molecular weight excluding hydrogens is 258 g/mol. The molecule has 3 N–H and O–H groups in total. The third-order valence-corrected chi connectivity index (χ3v) is 4.10. The van der Waals surface area contributed by atoms with Crippen molar-refractivity contribution in [2.75, 3.05) is 17.4 Å². The number of aromatic nitrogens is 1. The second-order valence-corrected chi connectivity index (χ2v) is 5.38. The van der Waals surface area contributed by atoms with E-state index in [1.807, 2.05) is 11.9 Å². The maximum Gasteiger partial charge on any atom is 0.311 e. The van der Waals surface area contributed by atoms with E-state index in [9.17, 15) is 10.1 Å². The van der Waals surface area contributed by atoms with Crippen molar-refractivity contribution < 1.29 is 4.92 Å². The van der Waals surface area contributed by atoms with Gasteiger partial charge in [0.25, 0.3) is 0 Å². The molecule has 0 spiro atoms. The summed E-state index contributed by atoms with van der Waals surface area (Å²) in [5.41, 5.74) is 2.46. The van der Waals surface area contributed by atoms with E-state index in [-0.39, 0.29) is 11.7 Å². The van der Waals surface area contributed by atoms with Crippen molar-refractivity contribution in [2.24, 2.45) is 11.8 Å². The van der Waals surface area contributed by atoms with E-state index in [1.54, 1.807) is 0 Å². The number of anilines is 2. The van der Waals surface area contributed by atoms with Gasteiger partial charge in [-0.1, -0.05) is 19.8 Å². The lowest BCUT2D eigenvalue weighted by Gasteiger charge is -2.36. The van der Waals surface area contributed by atoms with Crippen molar-refractivity contribution in [3.63, 3.8) is 0 Å². The molecule has 2 rings (SSSR count). The van der Waals surface area contributed by atoms with E-state index in [4.69, 9.17) is 5.84 Å². The Balaban J connectivity index is 2.35. The number of nitrogen functional groups attached to an aromatic ring is 1. The molecule has 1 aliphatic rings. The second-order valence-electron chi connectivity index (χ2n) is 5.38. The fourth-order valence-corrected chi connectivity index (χ4v) is 2.95.